The van der Waals surface area contributed by atoms with Crippen LogP contribution in [-0.4, -0.2) is 19.5 Å². The summed E-state index contributed by atoms with van der Waals surface area (Å²) in [7, 11) is 0. The van der Waals surface area contributed by atoms with Gasteiger partial charge in [0, 0.05) is 18.9 Å². The van der Waals surface area contributed by atoms with E-state index < -0.39 is 0 Å². The van der Waals surface area contributed by atoms with Crippen molar-refractivity contribution in [1.82, 2.24) is 19.5 Å². The lowest BCUT2D eigenvalue weighted by molar-refractivity contribution is 0.734. The first-order valence-corrected chi connectivity index (χ1v) is 9.09. The van der Waals surface area contributed by atoms with E-state index >= 15 is 0 Å². The average Bonchev–Trinajstić information content (AvgIpc) is 3.20. The molecule has 0 saturated carbocycles. The lowest BCUT2D eigenvalue weighted by atomic mass is 10.2. The SMILES string of the molecule is Cc1nc(NCc2nccn2Cc2ccccc2)c2c(C)csc2n1. The minimum Gasteiger partial charge on any atom is -0.362 e. The summed E-state index contributed by atoms with van der Waals surface area (Å²) in [5.41, 5.74) is 2.46. The van der Waals surface area contributed by atoms with Crippen LogP contribution in [-0.2, 0) is 13.1 Å². The van der Waals surface area contributed by atoms with Crippen LogP contribution >= 0.6 is 11.3 Å². The molecule has 0 saturated heterocycles. The van der Waals surface area contributed by atoms with Crippen LogP contribution in [0.25, 0.3) is 10.2 Å². The van der Waals surface area contributed by atoms with Crippen molar-refractivity contribution in [1.29, 1.82) is 0 Å². The van der Waals surface area contributed by atoms with Crippen molar-refractivity contribution >= 4 is 27.4 Å². The van der Waals surface area contributed by atoms with Gasteiger partial charge in [-0.2, -0.15) is 0 Å². The van der Waals surface area contributed by atoms with Gasteiger partial charge in [-0.15, -0.1) is 11.3 Å². The molecule has 0 spiro atoms. The summed E-state index contributed by atoms with van der Waals surface area (Å²) in [6.45, 7) is 5.46. The second-order valence-electron chi connectivity index (χ2n) is 6.03. The fourth-order valence-electron chi connectivity index (χ4n) is 2.91. The second-order valence-corrected chi connectivity index (χ2v) is 6.89. The molecule has 3 heterocycles. The number of fused-ring (bicyclic) bond motifs is 1. The summed E-state index contributed by atoms with van der Waals surface area (Å²) < 4.78 is 2.16. The Morgan fingerprint density at radius 3 is 2.80 bits per heavy atom. The number of aromatic nitrogens is 4. The van der Waals surface area contributed by atoms with E-state index in [0.717, 1.165) is 34.2 Å². The molecular formula is C19H19N5S. The molecule has 1 N–H and O–H groups in total. The Balaban J connectivity index is 1.57. The van der Waals surface area contributed by atoms with Crippen molar-refractivity contribution in [2.45, 2.75) is 26.9 Å². The fraction of sp³-hybridized carbons (Fsp3) is 0.211. The van der Waals surface area contributed by atoms with Gasteiger partial charge in [0.1, 0.15) is 22.3 Å². The number of aryl methyl sites for hydroxylation is 2. The lowest BCUT2D eigenvalue weighted by Crippen LogP contribution is -2.10. The van der Waals surface area contributed by atoms with Gasteiger partial charge in [0.2, 0.25) is 0 Å². The predicted octanol–water partition coefficient (Wildman–Crippen LogP) is 4.17. The number of imidazole rings is 1. The maximum atomic E-state index is 4.59. The van der Waals surface area contributed by atoms with Crippen LogP contribution in [0.4, 0.5) is 5.82 Å². The number of benzene rings is 1. The average molecular weight is 349 g/mol. The topological polar surface area (TPSA) is 55.6 Å². The van der Waals surface area contributed by atoms with E-state index in [9.17, 15) is 0 Å². The molecule has 0 unspecified atom stereocenters. The summed E-state index contributed by atoms with van der Waals surface area (Å²) in [4.78, 5) is 14.6. The molecule has 0 fully saturated rings. The molecule has 3 aromatic heterocycles. The molecule has 1 aromatic carbocycles. The van der Waals surface area contributed by atoms with Crippen molar-refractivity contribution < 1.29 is 0 Å². The Morgan fingerprint density at radius 2 is 1.96 bits per heavy atom. The number of thiophene rings is 1. The minimum absolute atomic E-state index is 0.626. The molecule has 0 aliphatic heterocycles. The highest BCUT2D eigenvalue weighted by Crippen LogP contribution is 2.29. The first kappa shape index (κ1) is 15.8. The number of hydrogen-bond donors (Lipinski definition) is 1. The van der Waals surface area contributed by atoms with Crippen LogP contribution in [0.3, 0.4) is 0 Å². The quantitative estimate of drug-likeness (QED) is 0.588. The van der Waals surface area contributed by atoms with Gasteiger partial charge in [-0.3, -0.25) is 0 Å². The first-order chi connectivity index (χ1) is 12.2. The van der Waals surface area contributed by atoms with Gasteiger partial charge >= 0.3 is 0 Å². The molecule has 0 radical (unpaired) electrons. The number of hydrogen-bond acceptors (Lipinski definition) is 5. The molecule has 0 bridgehead atoms. The molecule has 0 atom stereocenters. The fourth-order valence-corrected chi connectivity index (χ4v) is 3.88. The van der Waals surface area contributed by atoms with Crippen LogP contribution in [0.15, 0.2) is 48.1 Å². The summed E-state index contributed by atoms with van der Waals surface area (Å²) >= 11 is 1.66. The molecular weight excluding hydrogens is 330 g/mol. The van der Waals surface area contributed by atoms with Crippen LogP contribution in [0, 0.1) is 13.8 Å². The first-order valence-electron chi connectivity index (χ1n) is 8.21. The van der Waals surface area contributed by atoms with Crippen LogP contribution in [0.5, 0.6) is 0 Å². The minimum atomic E-state index is 0.626. The van der Waals surface area contributed by atoms with Crippen LogP contribution in [0.2, 0.25) is 0 Å². The Labute approximate surface area is 150 Å². The van der Waals surface area contributed by atoms with E-state index in [1.807, 2.05) is 25.4 Å². The van der Waals surface area contributed by atoms with E-state index in [-0.39, 0.29) is 0 Å². The Bertz CT molecular complexity index is 1000. The molecule has 4 rings (SSSR count). The van der Waals surface area contributed by atoms with Crippen molar-refractivity contribution in [3.05, 3.63) is 70.9 Å². The van der Waals surface area contributed by atoms with Crippen molar-refractivity contribution in [2.24, 2.45) is 0 Å². The number of nitrogens with one attached hydrogen (secondary N) is 1. The molecule has 6 heteroatoms. The van der Waals surface area contributed by atoms with Crippen LogP contribution in [0.1, 0.15) is 22.8 Å². The van der Waals surface area contributed by atoms with Gasteiger partial charge in [0.25, 0.3) is 0 Å². The van der Waals surface area contributed by atoms with E-state index in [2.05, 4.69) is 61.4 Å². The maximum absolute atomic E-state index is 4.59. The molecule has 0 amide bonds. The van der Waals surface area contributed by atoms with E-state index in [1.165, 1.54) is 11.1 Å². The maximum Gasteiger partial charge on any atom is 0.139 e. The standard InChI is InChI=1S/C19H19N5S/c1-13-12-25-19-17(13)18(22-14(2)23-19)21-10-16-20-8-9-24(16)11-15-6-4-3-5-7-15/h3-9,12H,10-11H2,1-2H3,(H,21,22,23). The Hall–Kier alpha value is -2.73. The largest absolute Gasteiger partial charge is 0.362 e. The third-order valence-corrected chi connectivity index (χ3v) is 5.13. The smallest absolute Gasteiger partial charge is 0.139 e. The summed E-state index contributed by atoms with van der Waals surface area (Å²) in [5, 5.41) is 6.69. The summed E-state index contributed by atoms with van der Waals surface area (Å²) in [6.07, 6.45) is 3.86. The molecule has 0 aliphatic carbocycles. The zero-order valence-corrected chi connectivity index (χ0v) is 15.0. The zero-order valence-electron chi connectivity index (χ0n) is 14.2. The van der Waals surface area contributed by atoms with Crippen molar-refractivity contribution in [2.75, 3.05) is 5.32 Å². The zero-order chi connectivity index (χ0) is 17.2. The third kappa shape index (κ3) is 3.25. The van der Waals surface area contributed by atoms with Gasteiger partial charge in [0.15, 0.2) is 0 Å². The highest BCUT2D eigenvalue weighted by molar-refractivity contribution is 7.17. The van der Waals surface area contributed by atoms with E-state index in [0.29, 0.717) is 6.54 Å². The summed E-state index contributed by atoms with van der Waals surface area (Å²) in [6, 6.07) is 10.4. The van der Waals surface area contributed by atoms with Gasteiger partial charge in [-0.25, -0.2) is 15.0 Å². The van der Waals surface area contributed by atoms with Crippen LogP contribution < -0.4 is 5.32 Å². The number of nitrogens with zero attached hydrogens (tertiary/aromatic N) is 4. The molecule has 4 aromatic rings. The van der Waals surface area contributed by atoms with Gasteiger partial charge in [-0.05, 0) is 30.4 Å². The lowest BCUT2D eigenvalue weighted by Gasteiger charge is -2.11. The van der Waals surface area contributed by atoms with Crippen molar-refractivity contribution in [3.8, 4) is 0 Å². The molecule has 5 nitrogen and oxygen atoms in total. The highest BCUT2D eigenvalue weighted by Gasteiger charge is 2.11. The van der Waals surface area contributed by atoms with E-state index in [1.54, 1.807) is 11.3 Å². The van der Waals surface area contributed by atoms with Gasteiger partial charge < -0.3 is 9.88 Å². The van der Waals surface area contributed by atoms with Gasteiger partial charge in [0.05, 0.1) is 11.9 Å². The Kier molecular flexibility index (Phi) is 4.19. The summed E-state index contributed by atoms with van der Waals surface area (Å²) in [5.74, 6) is 2.65. The predicted molar refractivity (Wildman–Crippen MR) is 102 cm³/mol. The second kappa shape index (κ2) is 6.64. The molecule has 0 aliphatic rings. The number of anilines is 1. The Morgan fingerprint density at radius 1 is 1.12 bits per heavy atom. The van der Waals surface area contributed by atoms with Crippen molar-refractivity contribution in [3.63, 3.8) is 0 Å². The molecule has 25 heavy (non-hydrogen) atoms. The van der Waals surface area contributed by atoms with Gasteiger partial charge in [-0.1, -0.05) is 30.3 Å². The monoisotopic (exact) mass is 349 g/mol. The van der Waals surface area contributed by atoms with E-state index in [4.69, 9.17) is 0 Å². The normalized spacial score (nSPS) is 11.1. The number of rotatable bonds is 5. The molecule has 126 valence electrons. The third-order valence-electron chi connectivity index (χ3n) is 4.14. The highest BCUT2D eigenvalue weighted by atomic mass is 32.1.